The van der Waals surface area contributed by atoms with Gasteiger partial charge in [-0.05, 0) is 29.0 Å². The van der Waals surface area contributed by atoms with Crippen molar-refractivity contribution in [3.8, 4) is 0 Å². The smallest absolute Gasteiger partial charge is 0.265 e. The molecule has 120 valence electrons. The summed E-state index contributed by atoms with van der Waals surface area (Å²) >= 11 is 0. The first-order valence-electron chi connectivity index (χ1n) is 7.41. The van der Waals surface area contributed by atoms with Crippen molar-refractivity contribution in [3.63, 3.8) is 0 Å². The maximum Gasteiger partial charge on any atom is 0.265 e. The van der Waals surface area contributed by atoms with Crippen LogP contribution < -0.4 is 5.32 Å². The van der Waals surface area contributed by atoms with Crippen molar-refractivity contribution in [3.05, 3.63) is 78.1 Å². The molecule has 5 heteroatoms. The van der Waals surface area contributed by atoms with Gasteiger partial charge in [-0.1, -0.05) is 53.7 Å². The summed E-state index contributed by atoms with van der Waals surface area (Å²) in [6.07, 6.45) is 1.23. The molecule has 3 aromatic rings. The van der Waals surface area contributed by atoms with Gasteiger partial charge >= 0.3 is 0 Å². The van der Waals surface area contributed by atoms with Gasteiger partial charge in [0.1, 0.15) is 5.82 Å². The third-order valence-corrected chi connectivity index (χ3v) is 3.40. The highest BCUT2D eigenvalue weighted by molar-refractivity contribution is 5.95. The third kappa shape index (κ3) is 3.95. The van der Waals surface area contributed by atoms with Gasteiger partial charge in [0.05, 0.1) is 6.21 Å². The number of hydrogen-bond acceptors (Lipinski definition) is 3. The highest BCUT2D eigenvalue weighted by Gasteiger charge is 2.03. The number of carbonyl (C=O) groups excluding carboxylic acids is 1. The molecule has 1 N–H and O–H groups in total. The molecule has 4 nitrogen and oxygen atoms in total. The quantitative estimate of drug-likeness (QED) is 0.571. The molecular weight excluding hydrogens is 307 g/mol. The number of halogens is 1. The van der Waals surface area contributed by atoms with E-state index in [2.05, 4.69) is 10.5 Å². The lowest BCUT2D eigenvalue weighted by atomic mass is 10.1. The number of fused-ring (bicyclic) bond motifs is 1. The number of oxime groups is 1. The normalized spacial score (nSPS) is 10.9. The summed E-state index contributed by atoms with van der Waals surface area (Å²) in [5.74, 6) is -0.735. The topological polar surface area (TPSA) is 50.7 Å². The molecule has 0 fully saturated rings. The van der Waals surface area contributed by atoms with Gasteiger partial charge in [-0.15, -0.1) is 0 Å². The van der Waals surface area contributed by atoms with Crippen LogP contribution in [-0.2, 0) is 9.63 Å². The van der Waals surface area contributed by atoms with Crippen LogP contribution in [0, 0.1) is 5.82 Å². The highest BCUT2D eigenvalue weighted by Crippen LogP contribution is 2.18. The van der Waals surface area contributed by atoms with Crippen LogP contribution in [0.2, 0.25) is 0 Å². The zero-order valence-electron chi connectivity index (χ0n) is 12.8. The van der Waals surface area contributed by atoms with Crippen LogP contribution in [0.4, 0.5) is 10.1 Å². The van der Waals surface area contributed by atoms with Crippen molar-refractivity contribution in [2.75, 3.05) is 11.9 Å². The number of nitrogens with zero attached hydrogens (tertiary/aromatic N) is 1. The minimum Gasteiger partial charge on any atom is -0.386 e. The van der Waals surface area contributed by atoms with Crippen molar-refractivity contribution < 1.29 is 14.0 Å². The second kappa shape index (κ2) is 7.37. The summed E-state index contributed by atoms with van der Waals surface area (Å²) in [7, 11) is 0. The molecule has 0 aliphatic carbocycles. The van der Waals surface area contributed by atoms with E-state index < -0.39 is 5.82 Å². The predicted molar refractivity (Wildman–Crippen MR) is 92.5 cm³/mol. The Bertz CT molecular complexity index is 893. The lowest BCUT2D eigenvalue weighted by Gasteiger charge is -2.06. The molecule has 0 unspecified atom stereocenters. The van der Waals surface area contributed by atoms with Crippen molar-refractivity contribution in [2.24, 2.45) is 5.16 Å². The van der Waals surface area contributed by atoms with E-state index in [0.717, 1.165) is 10.8 Å². The number of hydrogen-bond donors (Lipinski definition) is 1. The van der Waals surface area contributed by atoms with Crippen LogP contribution >= 0.6 is 0 Å². The SMILES string of the molecule is O=C(CO/N=C\c1ccccc1F)Nc1ccc2ccccc2c1. The first-order valence-corrected chi connectivity index (χ1v) is 7.41. The Kier molecular flexibility index (Phi) is 4.81. The Labute approximate surface area is 138 Å². The molecule has 3 rings (SSSR count). The Morgan fingerprint density at radius 2 is 1.79 bits per heavy atom. The van der Waals surface area contributed by atoms with E-state index in [1.54, 1.807) is 18.2 Å². The monoisotopic (exact) mass is 322 g/mol. The minimum atomic E-state index is -0.398. The summed E-state index contributed by atoms with van der Waals surface area (Å²) in [5.41, 5.74) is 0.979. The molecule has 3 aromatic carbocycles. The molecule has 0 spiro atoms. The molecule has 0 heterocycles. The largest absolute Gasteiger partial charge is 0.386 e. The van der Waals surface area contributed by atoms with Gasteiger partial charge in [0.2, 0.25) is 0 Å². The van der Waals surface area contributed by atoms with E-state index in [9.17, 15) is 9.18 Å². The number of anilines is 1. The van der Waals surface area contributed by atoms with E-state index in [1.165, 1.54) is 12.3 Å². The van der Waals surface area contributed by atoms with Crippen LogP contribution in [0.25, 0.3) is 10.8 Å². The maximum atomic E-state index is 13.4. The number of benzene rings is 3. The average Bonchev–Trinajstić information content (AvgIpc) is 2.60. The third-order valence-electron chi connectivity index (χ3n) is 3.40. The minimum absolute atomic E-state index is 0.252. The molecule has 0 radical (unpaired) electrons. The van der Waals surface area contributed by atoms with E-state index in [-0.39, 0.29) is 12.5 Å². The molecule has 0 aliphatic heterocycles. The fraction of sp³-hybridized carbons (Fsp3) is 0.0526. The number of amides is 1. The fourth-order valence-electron chi connectivity index (χ4n) is 2.23. The van der Waals surface area contributed by atoms with Crippen molar-refractivity contribution in [2.45, 2.75) is 0 Å². The predicted octanol–water partition coefficient (Wildman–Crippen LogP) is 3.97. The second-order valence-corrected chi connectivity index (χ2v) is 5.14. The molecule has 0 aromatic heterocycles. The van der Waals surface area contributed by atoms with Gasteiger partial charge in [0.15, 0.2) is 6.61 Å². The van der Waals surface area contributed by atoms with Crippen LogP contribution in [0.3, 0.4) is 0 Å². The van der Waals surface area contributed by atoms with E-state index in [0.29, 0.717) is 11.3 Å². The molecule has 0 aliphatic rings. The van der Waals surface area contributed by atoms with Gasteiger partial charge in [0.25, 0.3) is 5.91 Å². The van der Waals surface area contributed by atoms with Gasteiger partial charge in [0, 0.05) is 11.3 Å². The molecule has 0 saturated heterocycles. The first-order chi connectivity index (χ1) is 11.7. The molecule has 1 amide bonds. The maximum absolute atomic E-state index is 13.4. The van der Waals surface area contributed by atoms with E-state index in [4.69, 9.17) is 4.84 Å². The van der Waals surface area contributed by atoms with Crippen LogP contribution in [0.1, 0.15) is 5.56 Å². The first kappa shape index (κ1) is 15.7. The summed E-state index contributed by atoms with van der Waals surface area (Å²) in [5, 5.41) is 8.47. The van der Waals surface area contributed by atoms with Gasteiger partial charge in [-0.2, -0.15) is 0 Å². The van der Waals surface area contributed by atoms with Gasteiger partial charge in [-0.3, -0.25) is 4.79 Å². The van der Waals surface area contributed by atoms with Crippen LogP contribution in [0.5, 0.6) is 0 Å². The average molecular weight is 322 g/mol. The Balaban J connectivity index is 1.54. The van der Waals surface area contributed by atoms with E-state index >= 15 is 0 Å². The Morgan fingerprint density at radius 3 is 2.62 bits per heavy atom. The van der Waals surface area contributed by atoms with Crippen LogP contribution in [-0.4, -0.2) is 18.7 Å². The zero-order chi connectivity index (χ0) is 16.8. The standard InChI is InChI=1S/C19H15FN2O2/c20-18-8-4-3-7-16(18)12-21-24-13-19(23)22-17-10-9-14-5-1-2-6-15(14)11-17/h1-12H,13H2,(H,22,23)/b21-12-. The summed E-state index contributed by atoms with van der Waals surface area (Å²) < 4.78 is 13.4. The Hall–Kier alpha value is -3.21. The van der Waals surface area contributed by atoms with Crippen molar-refractivity contribution in [1.82, 2.24) is 0 Å². The fourth-order valence-corrected chi connectivity index (χ4v) is 2.23. The number of nitrogens with one attached hydrogen (secondary N) is 1. The summed E-state index contributed by atoms with van der Waals surface area (Å²) in [4.78, 5) is 16.7. The lowest BCUT2D eigenvalue weighted by Crippen LogP contribution is -2.16. The lowest BCUT2D eigenvalue weighted by molar-refractivity contribution is -0.120. The van der Waals surface area contributed by atoms with Crippen LogP contribution in [0.15, 0.2) is 71.9 Å². The highest BCUT2D eigenvalue weighted by atomic mass is 19.1. The second-order valence-electron chi connectivity index (χ2n) is 5.14. The molecule has 24 heavy (non-hydrogen) atoms. The van der Waals surface area contributed by atoms with Gasteiger partial charge in [-0.25, -0.2) is 4.39 Å². The molecular formula is C19H15FN2O2. The molecule has 0 bridgehead atoms. The number of rotatable bonds is 5. The zero-order valence-corrected chi connectivity index (χ0v) is 12.8. The van der Waals surface area contributed by atoms with Crippen molar-refractivity contribution in [1.29, 1.82) is 0 Å². The molecule has 0 atom stereocenters. The summed E-state index contributed by atoms with van der Waals surface area (Å²) in [6, 6.07) is 19.7. The molecule has 0 saturated carbocycles. The summed E-state index contributed by atoms with van der Waals surface area (Å²) in [6.45, 7) is -0.252. The van der Waals surface area contributed by atoms with Gasteiger partial charge < -0.3 is 10.2 Å². The Morgan fingerprint density at radius 1 is 1.04 bits per heavy atom. The number of carbonyl (C=O) groups is 1. The van der Waals surface area contributed by atoms with Crippen molar-refractivity contribution >= 4 is 28.6 Å². The van der Waals surface area contributed by atoms with E-state index in [1.807, 2.05) is 42.5 Å².